The van der Waals surface area contributed by atoms with Gasteiger partial charge in [-0.05, 0) is 38.7 Å². The lowest BCUT2D eigenvalue weighted by atomic mass is 9.96. The molecule has 0 aliphatic carbocycles. The van der Waals surface area contributed by atoms with E-state index in [4.69, 9.17) is 0 Å². The van der Waals surface area contributed by atoms with E-state index in [-0.39, 0.29) is 23.9 Å². The fourth-order valence-corrected chi connectivity index (χ4v) is 2.92. The number of rotatable bonds is 4. The van der Waals surface area contributed by atoms with E-state index in [0.717, 1.165) is 25.3 Å². The summed E-state index contributed by atoms with van der Waals surface area (Å²) in [6.07, 6.45) is 2.69. The third-order valence-corrected chi connectivity index (χ3v) is 3.93. The molecule has 1 aliphatic rings. The molecule has 0 aromatic heterocycles. The first-order valence-electron chi connectivity index (χ1n) is 7.39. The second-order valence-electron chi connectivity index (χ2n) is 5.71. The zero-order valence-corrected chi connectivity index (χ0v) is 12.2. The van der Waals surface area contributed by atoms with E-state index in [0.29, 0.717) is 13.0 Å². The number of hydrogen-bond donors (Lipinski definition) is 1. The topological polar surface area (TPSA) is 40.5 Å². The minimum atomic E-state index is -0.949. The number of aliphatic hydroxyl groups is 1. The van der Waals surface area contributed by atoms with Gasteiger partial charge in [-0.1, -0.05) is 12.1 Å². The SMILES string of the molecule is CC(O)CC1CCCCN1C(=O)Cc1cccc(F)c1F. The number of benzene rings is 1. The van der Waals surface area contributed by atoms with Crippen molar-refractivity contribution in [3.8, 4) is 0 Å². The summed E-state index contributed by atoms with van der Waals surface area (Å²) in [5.41, 5.74) is 0.0846. The van der Waals surface area contributed by atoms with E-state index >= 15 is 0 Å². The van der Waals surface area contributed by atoms with Crippen molar-refractivity contribution >= 4 is 5.91 Å². The summed E-state index contributed by atoms with van der Waals surface area (Å²) < 4.78 is 26.8. The molecule has 1 aromatic rings. The van der Waals surface area contributed by atoms with Crippen LogP contribution in [0, 0.1) is 11.6 Å². The van der Waals surface area contributed by atoms with Crippen molar-refractivity contribution < 1.29 is 18.7 Å². The van der Waals surface area contributed by atoms with Gasteiger partial charge in [-0.3, -0.25) is 4.79 Å². The molecule has 1 heterocycles. The number of likely N-dealkylation sites (tertiary alicyclic amines) is 1. The second-order valence-corrected chi connectivity index (χ2v) is 5.71. The highest BCUT2D eigenvalue weighted by Crippen LogP contribution is 2.22. The monoisotopic (exact) mass is 297 g/mol. The van der Waals surface area contributed by atoms with Crippen molar-refractivity contribution in [2.24, 2.45) is 0 Å². The van der Waals surface area contributed by atoms with Crippen molar-refractivity contribution in [2.75, 3.05) is 6.54 Å². The molecule has 0 spiro atoms. The van der Waals surface area contributed by atoms with Crippen LogP contribution in [0.25, 0.3) is 0 Å². The van der Waals surface area contributed by atoms with Crippen LogP contribution in [0.2, 0.25) is 0 Å². The molecule has 2 atom stereocenters. The van der Waals surface area contributed by atoms with Gasteiger partial charge in [-0.15, -0.1) is 0 Å². The molecule has 1 N–H and O–H groups in total. The van der Waals surface area contributed by atoms with Gasteiger partial charge in [0.25, 0.3) is 0 Å². The predicted octanol–water partition coefficient (Wildman–Crippen LogP) is 2.66. The Morgan fingerprint density at radius 3 is 2.90 bits per heavy atom. The molecule has 1 aromatic carbocycles. The maximum Gasteiger partial charge on any atom is 0.227 e. The van der Waals surface area contributed by atoms with Gasteiger partial charge in [0.05, 0.1) is 12.5 Å². The lowest BCUT2D eigenvalue weighted by Gasteiger charge is -2.36. The Morgan fingerprint density at radius 1 is 1.43 bits per heavy atom. The van der Waals surface area contributed by atoms with Crippen molar-refractivity contribution in [2.45, 2.75) is 51.2 Å². The van der Waals surface area contributed by atoms with Gasteiger partial charge in [0, 0.05) is 18.2 Å². The van der Waals surface area contributed by atoms with Crippen LogP contribution in [-0.2, 0) is 11.2 Å². The highest BCUT2D eigenvalue weighted by molar-refractivity contribution is 5.79. The van der Waals surface area contributed by atoms with Crippen LogP contribution in [-0.4, -0.2) is 34.6 Å². The molecule has 21 heavy (non-hydrogen) atoms. The molecule has 1 aliphatic heterocycles. The number of amides is 1. The van der Waals surface area contributed by atoms with Gasteiger partial charge in [-0.25, -0.2) is 8.78 Å². The summed E-state index contributed by atoms with van der Waals surface area (Å²) in [6, 6.07) is 3.87. The Bertz CT molecular complexity index is 505. The first-order valence-corrected chi connectivity index (χ1v) is 7.39. The van der Waals surface area contributed by atoms with Crippen LogP contribution in [0.1, 0.15) is 38.2 Å². The van der Waals surface area contributed by atoms with Crippen LogP contribution >= 0.6 is 0 Å². The van der Waals surface area contributed by atoms with E-state index in [1.807, 2.05) is 0 Å². The molecular weight excluding hydrogens is 276 g/mol. The van der Waals surface area contributed by atoms with Gasteiger partial charge in [0.1, 0.15) is 0 Å². The van der Waals surface area contributed by atoms with E-state index in [1.54, 1.807) is 11.8 Å². The molecular formula is C16H21F2NO2. The van der Waals surface area contributed by atoms with E-state index in [1.165, 1.54) is 12.1 Å². The fourth-order valence-electron chi connectivity index (χ4n) is 2.92. The van der Waals surface area contributed by atoms with Gasteiger partial charge in [-0.2, -0.15) is 0 Å². The first-order chi connectivity index (χ1) is 9.99. The normalized spacial score (nSPS) is 20.4. The minimum absolute atomic E-state index is 0.0112. The van der Waals surface area contributed by atoms with Crippen molar-refractivity contribution in [1.29, 1.82) is 0 Å². The standard InChI is InChI=1S/C16H21F2NO2/c1-11(20)9-13-6-2-3-8-19(13)15(21)10-12-5-4-7-14(17)16(12)18/h4-5,7,11,13,20H,2-3,6,8-10H2,1H3. The third kappa shape index (κ3) is 4.00. The van der Waals surface area contributed by atoms with E-state index < -0.39 is 17.7 Å². The first kappa shape index (κ1) is 15.9. The molecule has 2 unspecified atom stereocenters. The van der Waals surface area contributed by atoms with Gasteiger partial charge >= 0.3 is 0 Å². The Balaban J connectivity index is 2.08. The van der Waals surface area contributed by atoms with Crippen LogP contribution in [0.5, 0.6) is 0 Å². The van der Waals surface area contributed by atoms with Crippen LogP contribution in [0.4, 0.5) is 8.78 Å². The molecule has 0 saturated carbocycles. The zero-order chi connectivity index (χ0) is 15.4. The molecule has 3 nitrogen and oxygen atoms in total. The summed E-state index contributed by atoms with van der Waals surface area (Å²) in [5, 5.41) is 9.53. The van der Waals surface area contributed by atoms with Crippen molar-refractivity contribution in [3.63, 3.8) is 0 Å². The van der Waals surface area contributed by atoms with Crippen LogP contribution in [0.3, 0.4) is 0 Å². The van der Waals surface area contributed by atoms with E-state index in [9.17, 15) is 18.7 Å². The average Bonchev–Trinajstić information content (AvgIpc) is 2.44. The highest BCUT2D eigenvalue weighted by Gasteiger charge is 2.28. The molecule has 0 bridgehead atoms. The number of carbonyl (C=O) groups is 1. The number of hydrogen-bond acceptors (Lipinski definition) is 2. The number of nitrogens with zero attached hydrogens (tertiary/aromatic N) is 1. The molecule has 1 saturated heterocycles. The van der Waals surface area contributed by atoms with Crippen molar-refractivity contribution in [1.82, 2.24) is 4.90 Å². The predicted molar refractivity (Wildman–Crippen MR) is 75.7 cm³/mol. The Labute approximate surface area is 123 Å². The zero-order valence-electron chi connectivity index (χ0n) is 12.2. The number of aliphatic hydroxyl groups excluding tert-OH is 1. The molecule has 1 amide bonds. The maximum absolute atomic E-state index is 13.7. The number of carbonyl (C=O) groups excluding carboxylic acids is 1. The molecule has 116 valence electrons. The number of halogens is 2. The van der Waals surface area contributed by atoms with Gasteiger partial charge in [0.15, 0.2) is 11.6 Å². The maximum atomic E-state index is 13.7. The lowest BCUT2D eigenvalue weighted by Crippen LogP contribution is -2.45. The highest BCUT2D eigenvalue weighted by atomic mass is 19.2. The largest absolute Gasteiger partial charge is 0.393 e. The Hall–Kier alpha value is -1.49. The Morgan fingerprint density at radius 2 is 2.19 bits per heavy atom. The second kappa shape index (κ2) is 6.98. The fraction of sp³-hybridized carbons (Fsp3) is 0.562. The molecule has 1 fully saturated rings. The van der Waals surface area contributed by atoms with Gasteiger partial charge < -0.3 is 10.0 Å². The Kier molecular flexibility index (Phi) is 5.28. The summed E-state index contributed by atoms with van der Waals surface area (Å²) in [6.45, 7) is 2.32. The van der Waals surface area contributed by atoms with Crippen molar-refractivity contribution in [3.05, 3.63) is 35.4 Å². The van der Waals surface area contributed by atoms with E-state index in [2.05, 4.69) is 0 Å². The minimum Gasteiger partial charge on any atom is -0.393 e. The van der Waals surface area contributed by atoms with Crippen LogP contribution < -0.4 is 0 Å². The quantitative estimate of drug-likeness (QED) is 0.928. The molecule has 5 heteroatoms. The van der Waals surface area contributed by atoms with Gasteiger partial charge in [0.2, 0.25) is 5.91 Å². The smallest absolute Gasteiger partial charge is 0.227 e. The lowest BCUT2D eigenvalue weighted by molar-refractivity contribution is -0.134. The third-order valence-electron chi connectivity index (χ3n) is 3.93. The average molecular weight is 297 g/mol. The molecule has 0 radical (unpaired) electrons. The molecule has 2 rings (SSSR count). The summed E-state index contributed by atoms with van der Waals surface area (Å²) in [4.78, 5) is 14.1. The number of piperidine rings is 1. The summed E-state index contributed by atoms with van der Waals surface area (Å²) in [7, 11) is 0. The summed E-state index contributed by atoms with van der Waals surface area (Å²) in [5.74, 6) is -2.08. The van der Waals surface area contributed by atoms with Crippen LogP contribution in [0.15, 0.2) is 18.2 Å². The summed E-state index contributed by atoms with van der Waals surface area (Å²) >= 11 is 0.